The van der Waals surface area contributed by atoms with Crippen LogP contribution in [-0.4, -0.2) is 42.2 Å². The van der Waals surface area contributed by atoms with Crippen LogP contribution in [0.25, 0.3) is 0 Å². The Balaban J connectivity index is 1.78. The van der Waals surface area contributed by atoms with Crippen LogP contribution in [0.4, 0.5) is 11.5 Å². The van der Waals surface area contributed by atoms with E-state index in [9.17, 15) is 4.79 Å². The molecule has 0 aliphatic carbocycles. The highest BCUT2D eigenvalue weighted by atomic mass is 35.5. The first kappa shape index (κ1) is 16.0. The van der Waals surface area contributed by atoms with Crippen molar-refractivity contribution in [1.29, 1.82) is 0 Å². The summed E-state index contributed by atoms with van der Waals surface area (Å²) in [6.45, 7) is 2.75. The van der Waals surface area contributed by atoms with E-state index >= 15 is 0 Å². The van der Waals surface area contributed by atoms with Gasteiger partial charge >= 0.3 is 0 Å². The summed E-state index contributed by atoms with van der Waals surface area (Å²) in [7, 11) is 0. The molecule has 1 aromatic carbocycles. The van der Waals surface area contributed by atoms with Gasteiger partial charge in [0.25, 0.3) is 5.91 Å². The summed E-state index contributed by atoms with van der Waals surface area (Å²) in [6, 6.07) is 6.52. The first-order valence-electron chi connectivity index (χ1n) is 7.04. The van der Waals surface area contributed by atoms with Crippen LogP contribution in [0, 0.1) is 0 Å². The molecule has 2 aromatic rings. The third-order valence-electron chi connectivity index (χ3n) is 3.40. The molecule has 1 aromatic heterocycles. The van der Waals surface area contributed by atoms with Crippen LogP contribution in [-0.2, 0) is 4.74 Å². The predicted molar refractivity (Wildman–Crippen MR) is 89.5 cm³/mol. The number of anilines is 2. The Hall–Kier alpha value is -1.89. The summed E-state index contributed by atoms with van der Waals surface area (Å²) < 4.78 is 5.31. The lowest BCUT2D eigenvalue weighted by atomic mass is 10.3. The van der Waals surface area contributed by atoms with E-state index in [1.807, 2.05) is 4.90 Å². The smallest absolute Gasteiger partial charge is 0.274 e. The van der Waals surface area contributed by atoms with E-state index in [0.29, 0.717) is 34.8 Å². The number of carbonyl (C=O) groups is 1. The number of halogens is 2. The molecule has 2 heterocycles. The second-order valence-electron chi connectivity index (χ2n) is 4.94. The lowest BCUT2D eigenvalue weighted by Gasteiger charge is -2.27. The molecule has 0 atom stereocenters. The van der Waals surface area contributed by atoms with Crippen LogP contribution in [0.5, 0.6) is 0 Å². The number of nitrogens with zero attached hydrogens (tertiary/aromatic N) is 3. The lowest BCUT2D eigenvalue weighted by molar-refractivity contribution is 0.102. The fourth-order valence-electron chi connectivity index (χ4n) is 2.22. The van der Waals surface area contributed by atoms with Crippen molar-refractivity contribution in [3.8, 4) is 0 Å². The molecule has 23 heavy (non-hydrogen) atoms. The minimum absolute atomic E-state index is 0.262. The maximum absolute atomic E-state index is 12.4. The molecule has 1 fully saturated rings. The van der Waals surface area contributed by atoms with Crippen LogP contribution in [0.15, 0.2) is 30.6 Å². The molecule has 0 spiro atoms. The Morgan fingerprint density at radius 2 is 1.96 bits per heavy atom. The monoisotopic (exact) mass is 352 g/mol. The van der Waals surface area contributed by atoms with E-state index in [2.05, 4.69) is 15.3 Å². The van der Waals surface area contributed by atoms with E-state index in [0.717, 1.165) is 13.1 Å². The molecule has 8 heteroatoms. The minimum atomic E-state index is -0.369. The summed E-state index contributed by atoms with van der Waals surface area (Å²) in [5, 5.41) is 3.60. The number of benzene rings is 1. The minimum Gasteiger partial charge on any atom is -0.378 e. The maximum Gasteiger partial charge on any atom is 0.274 e. The van der Waals surface area contributed by atoms with Crippen molar-refractivity contribution in [2.24, 2.45) is 0 Å². The summed E-state index contributed by atoms with van der Waals surface area (Å²) in [5.74, 6) is 0.330. The Morgan fingerprint density at radius 1 is 1.17 bits per heavy atom. The number of morpholine rings is 1. The van der Waals surface area contributed by atoms with Gasteiger partial charge < -0.3 is 15.0 Å². The van der Waals surface area contributed by atoms with Crippen LogP contribution in [0.3, 0.4) is 0 Å². The van der Waals surface area contributed by atoms with Gasteiger partial charge in [-0.3, -0.25) is 4.79 Å². The number of hydrogen-bond donors (Lipinski definition) is 1. The van der Waals surface area contributed by atoms with Gasteiger partial charge in [-0.15, -0.1) is 0 Å². The second kappa shape index (κ2) is 7.12. The van der Waals surface area contributed by atoms with Crippen LogP contribution < -0.4 is 10.2 Å². The van der Waals surface area contributed by atoms with Gasteiger partial charge in [-0.05, 0) is 18.2 Å². The summed E-state index contributed by atoms with van der Waals surface area (Å²) >= 11 is 12.0. The van der Waals surface area contributed by atoms with Crippen LogP contribution in [0.1, 0.15) is 10.5 Å². The highest BCUT2D eigenvalue weighted by Crippen LogP contribution is 2.26. The van der Waals surface area contributed by atoms with Crippen molar-refractivity contribution in [2.45, 2.75) is 0 Å². The molecule has 120 valence electrons. The Morgan fingerprint density at radius 3 is 2.74 bits per heavy atom. The zero-order valence-corrected chi connectivity index (χ0v) is 13.6. The third-order valence-corrected chi connectivity index (χ3v) is 3.96. The number of carbonyl (C=O) groups excluding carboxylic acids is 1. The number of aromatic nitrogens is 2. The molecule has 0 unspecified atom stereocenters. The Bertz CT molecular complexity index is 720. The van der Waals surface area contributed by atoms with Crippen LogP contribution >= 0.6 is 23.2 Å². The predicted octanol–water partition coefficient (Wildman–Crippen LogP) is 2.87. The largest absolute Gasteiger partial charge is 0.378 e. The molecule has 1 N–H and O–H groups in total. The lowest BCUT2D eigenvalue weighted by Crippen LogP contribution is -2.37. The van der Waals surface area contributed by atoms with Gasteiger partial charge in [-0.2, -0.15) is 0 Å². The van der Waals surface area contributed by atoms with Gasteiger partial charge in [0.1, 0.15) is 17.8 Å². The molecule has 1 amide bonds. The normalized spacial score (nSPS) is 14.6. The average molecular weight is 353 g/mol. The number of nitrogens with one attached hydrogen (secondary N) is 1. The van der Waals surface area contributed by atoms with Crippen molar-refractivity contribution < 1.29 is 9.53 Å². The van der Waals surface area contributed by atoms with Gasteiger partial charge in [-0.25, -0.2) is 9.97 Å². The molecular weight excluding hydrogens is 339 g/mol. The summed E-state index contributed by atoms with van der Waals surface area (Å²) in [6.07, 6.45) is 1.37. The topological polar surface area (TPSA) is 67.4 Å². The van der Waals surface area contributed by atoms with Gasteiger partial charge in [-0.1, -0.05) is 23.2 Å². The summed E-state index contributed by atoms with van der Waals surface area (Å²) in [5.41, 5.74) is 0.702. The maximum atomic E-state index is 12.4. The zero-order chi connectivity index (χ0) is 16.2. The molecule has 1 aliphatic rings. The standard InChI is InChI=1S/C15H14Cl2N4O2/c16-10-1-2-11(17)12(7-10)20-15(22)13-8-14(19-9-18-13)21-3-5-23-6-4-21/h1-2,7-9H,3-6H2,(H,20,22). The fraction of sp³-hybridized carbons (Fsp3) is 0.267. The molecule has 1 aliphatic heterocycles. The number of ether oxygens (including phenoxy) is 1. The molecular formula is C15H14Cl2N4O2. The number of amides is 1. The number of rotatable bonds is 3. The van der Waals surface area contributed by atoms with Gasteiger partial charge in [0, 0.05) is 24.2 Å². The third kappa shape index (κ3) is 3.90. The molecule has 0 bridgehead atoms. The van der Waals surface area contributed by atoms with Crippen molar-refractivity contribution in [3.05, 3.63) is 46.3 Å². The second-order valence-corrected chi connectivity index (χ2v) is 5.78. The Kier molecular flexibility index (Phi) is 4.95. The van der Waals surface area contributed by atoms with E-state index in [1.165, 1.54) is 6.33 Å². The quantitative estimate of drug-likeness (QED) is 0.919. The van der Waals surface area contributed by atoms with Crippen molar-refractivity contribution in [1.82, 2.24) is 9.97 Å². The van der Waals surface area contributed by atoms with Gasteiger partial charge in [0.05, 0.1) is 23.9 Å². The molecule has 0 saturated carbocycles. The molecule has 0 radical (unpaired) electrons. The van der Waals surface area contributed by atoms with E-state index in [4.69, 9.17) is 27.9 Å². The van der Waals surface area contributed by atoms with Crippen molar-refractivity contribution >= 4 is 40.6 Å². The Labute approximate surface area is 143 Å². The average Bonchev–Trinajstić information content (AvgIpc) is 2.59. The molecule has 3 rings (SSSR count). The van der Waals surface area contributed by atoms with Gasteiger partial charge in [0.2, 0.25) is 0 Å². The first-order valence-corrected chi connectivity index (χ1v) is 7.80. The molecule has 6 nitrogen and oxygen atoms in total. The van der Waals surface area contributed by atoms with E-state index < -0.39 is 0 Å². The van der Waals surface area contributed by atoms with Crippen molar-refractivity contribution in [2.75, 3.05) is 36.5 Å². The first-order chi connectivity index (χ1) is 11.1. The highest BCUT2D eigenvalue weighted by molar-refractivity contribution is 6.35. The molecule has 1 saturated heterocycles. The van der Waals surface area contributed by atoms with Gasteiger partial charge in [0.15, 0.2) is 0 Å². The fourth-order valence-corrected chi connectivity index (χ4v) is 2.55. The number of hydrogen-bond acceptors (Lipinski definition) is 5. The van der Waals surface area contributed by atoms with E-state index in [-0.39, 0.29) is 11.6 Å². The highest BCUT2D eigenvalue weighted by Gasteiger charge is 2.16. The van der Waals surface area contributed by atoms with E-state index in [1.54, 1.807) is 24.3 Å². The summed E-state index contributed by atoms with van der Waals surface area (Å²) in [4.78, 5) is 22.7. The van der Waals surface area contributed by atoms with Crippen molar-refractivity contribution in [3.63, 3.8) is 0 Å². The SMILES string of the molecule is O=C(Nc1cc(Cl)ccc1Cl)c1cc(N2CCOCC2)ncn1. The van der Waals surface area contributed by atoms with Crippen LogP contribution in [0.2, 0.25) is 10.0 Å². The zero-order valence-electron chi connectivity index (χ0n) is 12.1.